The third-order valence-corrected chi connectivity index (χ3v) is 2.97. The molecule has 0 amide bonds. The molecule has 0 heterocycles. The zero-order chi connectivity index (χ0) is 14.9. The van der Waals surface area contributed by atoms with Crippen LogP contribution in [0.3, 0.4) is 0 Å². The van der Waals surface area contributed by atoms with E-state index in [9.17, 15) is 15.3 Å². The molecule has 4 nitrogen and oxygen atoms in total. The van der Waals surface area contributed by atoms with Crippen molar-refractivity contribution in [3.63, 3.8) is 0 Å². The van der Waals surface area contributed by atoms with Gasteiger partial charge in [0.15, 0.2) is 11.5 Å². The van der Waals surface area contributed by atoms with Gasteiger partial charge in [-0.1, -0.05) is 26.8 Å². The molecule has 2 aromatic carbocycles. The zero-order valence-electron chi connectivity index (χ0n) is 11.7. The second kappa shape index (κ2) is 4.96. The van der Waals surface area contributed by atoms with Crippen molar-refractivity contribution in [1.82, 2.24) is 0 Å². The van der Waals surface area contributed by atoms with E-state index in [1.807, 2.05) is 20.8 Å². The van der Waals surface area contributed by atoms with Gasteiger partial charge in [-0.05, 0) is 35.7 Å². The highest BCUT2D eigenvalue weighted by atomic mass is 16.5. The van der Waals surface area contributed by atoms with Crippen molar-refractivity contribution < 1.29 is 20.1 Å². The first-order chi connectivity index (χ1) is 9.29. The van der Waals surface area contributed by atoms with Crippen LogP contribution in [0.25, 0.3) is 0 Å². The number of hydrogen-bond donors (Lipinski definition) is 3. The minimum absolute atomic E-state index is 0.155. The lowest BCUT2D eigenvalue weighted by atomic mass is 9.86. The van der Waals surface area contributed by atoms with Gasteiger partial charge in [-0.3, -0.25) is 0 Å². The summed E-state index contributed by atoms with van der Waals surface area (Å²) in [6, 6.07) is 9.32. The summed E-state index contributed by atoms with van der Waals surface area (Å²) < 4.78 is 5.68. The van der Waals surface area contributed by atoms with E-state index < -0.39 is 0 Å². The lowest BCUT2D eigenvalue weighted by molar-refractivity contribution is 0.368. The Hall–Kier alpha value is -2.36. The molecule has 0 aromatic heterocycles. The maximum Gasteiger partial charge on any atom is 0.201 e. The van der Waals surface area contributed by atoms with Crippen LogP contribution in [0.5, 0.6) is 28.7 Å². The molecule has 2 rings (SSSR count). The summed E-state index contributed by atoms with van der Waals surface area (Å²) in [7, 11) is 0. The van der Waals surface area contributed by atoms with Crippen molar-refractivity contribution in [2.75, 3.05) is 0 Å². The van der Waals surface area contributed by atoms with Crippen molar-refractivity contribution in [1.29, 1.82) is 0 Å². The van der Waals surface area contributed by atoms with Crippen molar-refractivity contribution >= 4 is 0 Å². The molecule has 4 heteroatoms. The van der Waals surface area contributed by atoms with Crippen molar-refractivity contribution in [3.05, 3.63) is 42.0 Å². The summed E-state index contributed by atoms with van der Waals surface area (Å²) in [4.78, 5) is 0. The summed E-state index contributed by atoms with van der Waals surface area (Å²) in [5.41, 5.74) is 0.570. The summed E-state index contributed by atoms with van der Waals surface area (Å²) in [5.74, 6) is 0.304. The van der Waals surface area contributed by atoms with E-state index in [4.69, 9.17) is 4.74 Å². The second-order valence-corrected chi connectivity index (χ2v) is 5.66. The fourth-order valence-corrected chi connectivity index (χ4v) is 1.90. The van der Waals surface area contributed by atoms with Gasteiger partial charge in [0.25, 0.3) is 0 Å². The molecule has 106 valence electrons. The molecule has 3 N–H and O–H groups in total. The molecular formula is C16H18O4. The molecule has 0 aliphatic heterocycles. The minimum Gasteiger partial charge on any atom is -0.508 e. The molecule has 0 bridgehead atoms. The van der Waals surface area contributed by atoms with E-state index in [0.29, 0.717) is 5.75 Å². The van der Waals surface area contributed by atoms with Crippen molar-refractivity contribution in [3.8, 4) is 28.7 Å². The monoisotopic (exact) mass is 274 g/mol. The zero-order valence-corrected chi connectivity index (χ0v) is 11.7. The third kappa shape index (κ3) is 2.79. The Balaban J connectivity index is 2.46. The van der Waals surface area contributed by atoms with Gasteiger partial charge in [-0.15, -0.1) is 0 Å². The van der Waals surface area contributed by atoms with Crippen LogP contribution in [-0.2, 0) is 5.41 Å². The summed E-state index contributed by atoms with van der Waals surface area (Å²) in [5, 5.41) is 28.9. The largest absolute Gasteiger partial charge is 0.508 e. The Morgan fingerprint density at radius 3 is 2.25 bits per heavy atom. The standard InChI is InChI=1S/C16H18O4/c1-16(2,3)11-9-10(17)7-8-13(11)20-14-6-4-5-12(18)15(14)19/h4-9,17-19H,1-3H3. The Morgan fingerprint density at radius 2 is 1.60 bits per heavy atom. The van der Waals surface area contributed by atoms with Gasteiger partial charge < -0.3 is 20.1 Å². The molecule has 2 aromatic rings. The van der Waals surface area contributed by atoms with Crippen LogP contribution in [0.4, 0.5) is 0 Å². The van der Waals surface area contributed by atoms with E-state index in [1.165, 1.54) is 12.1 Å². The lowest BCUT2D eigenvalue weighted by Crippen LogP contribution is -2.12. The number of para-hydroxylation sites is 1. The Labute approximate surface area is 117 Å². The van der Waals surface area contributed by atoms with Gasteiger partial charge >= 0.3 is 0 Å². The van der Waals surface area contributed by atoms with Crippen LogP contribution in [0, 0.1) is 0 Å². The molecule has 0 saturated heterocycles. The number of phenolic OH excluding ortho intramolecular Hbond substituents is 3. The second-order valence-electron chi connectivity index (χ2n) is 5.66. The molecule has 0 aliphatic carbocycles. The topological polar surface area (TPSA) is 69.9 Å². The number of rotatable bonds is 2. The summed E-state index contributed by atoms with van der Waals surface area (Å²) >= 11 is 0. The van der Waals surface area contributed by atoms with Gasteiger partial charge in [0.2, 0.25) is 5.75 Å². The maximum atomic E-state index is 9.78. The van der Waals surface area contributed by atoms with E-state index >= 15 is 0 Å². The van der Waals surface area contributed by atoms with Crippen LogP contribution in [0.2, 0.25) is 0 Å². The Bertz CT molecular complexity index is 627. The number of ether oxygens (including phenoxy) is 1. The molecule has 0 unspecified atom stereocenters. The first-order valence-corrected chi connectivity index (χ1v) is 6.31. The number of phenols is 3. The number of benzene rings is 2. The number of aromatic hydroxyl groups is 3. The van der Waals surface area contributed by atoms with Gasteiger partial charge in [-0.2, -0.15) is 0 Å². The molecule has 0 saturated carbocycles. The Kier molecular flexibility index (Phi) is 3.49. The van der Waals surface area contributed by atoms with E-state index in [0.717, 1.165) is 5.56 Å². The highest BCUT2D eigenvalue weighted by Gasteiger charge is 2.21. The van der Waals surface area contributed by atoms with Crippen LogP contribution in [0.1, 0.15) is 26.3 Å². The molecule has 0 spiro atoms. The van der Waals surface area contributed by atoms with Crippen molar-refractivity contribution in [2.45, 2.75) is 26.2 Å². The minimum atomic E-state index is -0.305. The van der Waals surface area contributed by atoms with Crippen LogP contribution in [-0.4, -0.2) is 15.3 Å². The Morgan fingerprint density at radius 1 is 0.900 bits per heavy atom. The third-order valence-electron chi connectivity index (χ3n) is 2.97. The van der Waals surface area contributed by atoms with E-state index in [1.54, 1.807) is 24.3 Å². The fraction of sp³-hybridized carbons (Fsp3) is 0.250. The quantitative estimate of drug-likeness (QED) is 0.726. The molecule has 0 aliphatic rings. The van der Waals surface area contributed by atoms with Gasteiger partial charge in [0, 0.05) is 5.56 Å². The predicted molar refractivity (Wildman–Crippen MR) is 76.7 cm³/mol. The normalized spacial score (nSPS) is 11.3. The first kappa shape index (κ1) is 14.1. The lowest BCUT2D eigenvalue weighted by Gasteiger charge is -2.23. The van der Waals surface area contributed by atoms with Crippen LogP contribution >= 0.6 is 0 Å². The van der Waals surface area contributed by atoms with E-state index in [2.05, 4.69) is 0 Å². The average molecular weight is 274 g/mol. The first-order valence-electron chi connectivity index (χ1n) is 6.31. The highest BCUT2D eigenvalue weighted by Crippen LogP contribution is 2.41. The van der Waals surface area contributed by atoms with Gasteiger partial charge in [-0.25, -0.2) is 0 Å². The molecular weight excluding hydrogens is 256 g/mol. The smallest absolute Gasteiger partial charge is 0.201 e. The highest BCUT2D eigenvalue weighted by molar-refractivity contribution is 5.52. The SMILES string of the molecule is CC(C)(C)c1cc(O)ccc1Oc1cccc(O)c1O. The average Bonchev–Trinajstić information content (AvgIpc) is 2.36. The van der Waals surface area contributed by atoms with E-state index in [-0.39, 0.29) is 28.4 Å². The fourth-order valence-electron chi connectivity index (χ4n) is 1.90. The van der Waals surface area contributed by atoms with Crippen LogP contribution < -0.4 is 4.74 Å². The number of hydrogen-bond acceptors (Lipinski definition) is 4. The van der Waals surface area contributed by atoms with Gasteiger partial charge in [0.05, 0.1) is 0 Å². The predicted octanol–water partition coefficient (Wildman–Crippen LogP) is 3.89. The summed E-state index contributed by atoms with van der Waals surface area (Å²) in [6.45, 7) is 5.99. The van der Waals surface area contributed by atoms with Crippen LogP contribution in [0.15, 0.2) is 36.4 Å². The summed E-state index contributed by atoms with van der Waals surface area (Å²) in [6.07, 6.45) is 0. The molecule has 0 radical (unpaired) electrons. The molecule has 0 atom stereocenters. The molecule has 20 heavy (non-hydrogen) atoms. The maximum absolute atomic E-state index is 9.78. The molecule has 0 fully saturated rings. The van der Waals surface area contributed by atoms with Gasteiger partial charge in [0.1, 0.15) is 11.5 Å². The van der Waals surface area contributed by atoms with Crippen molar-refractivity contribution in [2.24, 2.45) is 0 Å².